The Bertz CT molecular complexity index is 413. The maximum atomic E-state index is 11.4. The maximum absolute atomic E-state index is 11.4. The van der Waals surface area contributed by atoms with E-state index in [4.69, 9.17) is 4.52 Å². The Morgan fingerprint density at radius 2 is 1.26 bits per heavy atom. The second-order valence-corrected chi connectivity index (χ2v) is 8.28. The van der Waals surface area contributed by atoms with E-state index in [-0.39, 0.29) is 6.61 Å². The fraction of sp³-hybridized carbons (Fsp3) is 0.850. The molecule has 0 radical (unpaired) electrons. The summed E-state index contributed by atoms with van der Waals surface area (Å²) < 4.78 is 20.2. The van der Waals surface area contributed by atoms with Gasteiger partial charge in [0.2, 0.25) is 0 Å². The summed E-state index contributed by atoms with van der Waals surface area (Å²) in [5.41, 5.74) is 0. The van der Waals surface area contributed by atoms with Crippen LogP contribution in [-0.4, -0.2) is 17.5 Å². The van der Waals surface area contributed by atoms with Crippen molar-refractivity contribution in [2.75, 3.05) is 6.61 Å². The molecule has 0 saturated carbocycles. The van der Waals surface area contributed by atoms with Crippen LogP contribution in [0.5, 0.6) is 0 Å². The minimum Gasteiger partial charge on any atom is -0.300 e. The van der Waals surface area contributed by atoms with Gasteiger partial charge in [-0.25, -0.2) is 9.36 Å². The molecule has 0 heterocycles. The van der Waals surface area contributed by atoms with E-state index in [0.29, 0.717) is 6.42 Å². The molecule has 0 aromatic carbocycles. The molecule has 1 atom stereocenters. The molecule has 0 aliphatic heterocycles. The molecule has 6 nitrogen and oxygen atoms in total. The Morgan fingerprint density at radius 1 is 0.852 bits per heavy atom. The maximum Gasteiger partial charge on any atom is 0.508 e. The van der Waals surface area contributed by atoms with Crippen molar-refractivity contribution in [1.29, 1.82) is 0 Å². The van der Waals surface area contributed by atoms with Crippen LogP contribution in [0.4, 0.5) is 0 Å². The lowest BCUT2D eigenvalue weighted by atomic mass is 10.0. The van der Waals surface area contributed by atoms with E-state index >= 15 is 0 Å². The van der Waals surface area contributed by atoms with Crippen molar-refractivity contribution in [2.45, 2.75) is 103 Å². The Labute approximate surface area is 165 Å². The van der Waals surface area contributed by atoms with Crippen LogP contribution in [-0.2, 0) is 23.4 Å². The number of unbranched alkanes of at least 4 members (excludes halogenated alkanes) is 14. The van der Waals surface area contributed by atoms with Crippen LogP contribution in [0.2, 0.25) is 0 Å². The van der Waals surface area contributed by atoms with Crippen molar-refractivity contribution in [3.05, 3.63) is 12.7 Å². The Morgan fingerprint density at radius 3 is 1.67 bits per heavy atom. The first-order chi connectivity index (χ1) is 13.0. The smallest absolute Gasteiger partial charge is 0.300 e. The normalized spacial score (nSPS) is 13.3. The number of phosphoric ester groups is 1. The van der Waals surface area contributed by atoms with Gasteiger partial charge in [0, 0.05) is 6.08 Å². The number of hydrogen-bond acceptors (Lipinski definition) is 5. The first-order valence-electron chi connectivity index (χ1n) is 10.5. The van der Waals surface area contributed by atoms with E-state index in [1.165, 1.54) is 77.0 Å². The molecule has 1 unspecified atom stereocenters. The largest absolute Gasteiger partial charge is 0.508 e. The number of carbonyl (C=O) groups is 1. The summed E-state index contributed by atoms with van der Waals surface area (Å²) in [5, 5.41) is 0. The van der Waals surface area contributed by atoms with Crippen LogP contribution in [0.3, 0.4) is 0 Å². The van der Waals surface area contributed by atoms with Gasteiger partial charge in [-0.05, 0) is 6.42 Å². The highest BCUT2D eigenvalue weighted by molar-refractivity contribution is 7.47. The van der Waals surface area contributed by atoms with Crippen LogP contribution in [0.1, 0.15) is 103 Å². The highest BCUT2D eigenvalue weighted by Gasteiger charge is 2.24. The fourth-order valence-corrected chi connectivity index (χ4v) is 3.36. The third kappa shape index (κ3) is 19.9. The topological polar surface area (TPSA) is 82.1 Å². The molecular weight excluding hydrogens is 367 g/mol. The van der Waals surface area contributed by atoms with Crippen molar-refractivity contribution in [1.82, 2.24) is 0 Å². The SMILES string of the molecule is C=CC(=O)OOP(=O)(O)OCCCCCCCCCCCCCCCCC. The molecule has 0 aromatic heterocycles. The first kappa shape index (κ1) is 26.3. The fourth-order valence-electron chi connectivity index (χ4n) is 2.79. The van der Waals surface area contributed by atoms with E-state index in [2.05, 4.69) is 23.1 Å². The average Bonchev–Trinajstić information content (AvgIpc) is 2.65. The summed E-state index contributed by atoms with van der Waals surface area (Å²) in [4.78, 5) is 24.0. The summed E-state index contributed by atoms with van der Waals surface area (Å²) >= 11 is 0. The zero-order valence-corrected chi connectivity index (χ0v) is 17.9. The Balaban J connectivity index is 3.27. The van der Waals surface area contributed by atoms with E-state index in [1.54, 1.807) is 0 Å². The molecule has 0 aliphatic rings. The molecule has 27 heavy (non-hydrogen) atoms. The molecule has 160 valence electrons. The average molecular weight is 407 g/mol. The minimum absolute atomic E-state index is 0.0949. The van der Waals surface area contributed by atoms with Crippen LogP contribution in [0.25, 0.3) is 0 Å². The Kier molecular flexibility index (Phi) is 18.2. The van der Waals surface area contributed by atoms with E-state index < -0.39 is 13.8 Å². The van der Waals surface area contributed by atoms with Gasteiger partial charge in [0.25, 0.3) is 0 Å². The van der Waals surface area contributed by atoms with Crippen molar-refractivity contribution in [3.8, 4) is 0 Å². The van der Waals surface area contributed by atoms with Gasteiger partial charge >= 0.3 is 13.8 Å². The van der Waals surface area contributed by atoms with Gasteiger partial charge in [-0.2, -0.15) is 0 Å². The second kappa shape index (κ2) is 18.7. The van der Waals surface area contributed by atoms with Crippen molar-refractivity contribution in [3.63, 3.8) is 0 Å². The molecule has 1 N–H and O–H groups in total. The van der Waals surface area contributed by atoms with Gasteiger partial charge in [-0.3, -0.25) is 9.41 Å². The van der Waals surface area contributed by atoms with Gasteiger partial charge in [0.05, 0.1) is 6.61 Å². The predicted octanol–water partition coefficient (Wildman–Crippen LogP) is 6.64. The molecule has 0 amide bonds. The van der Waals surface area contributed by atoms with E-state index in [0.717, 1.165) is 18.9 Å². The highest BCUT2D eigenvalue weighted by Crippen LogP contribution is 2.43. The van der Waals surface area contributed by atoms with E-state index in [9.17, 15) is 14.3 Å². The highest BCUT2D eigenvalue weighted by atomic mass is 31.2. The zero-order chi connectivity index (χ0) is 20.2. The van der Waals surface area contributed by atoms with Gasteiger partial charge in [0.15, 0.2) is 0 Å². The first-order valence-corrected chi connectivity index (χ1v) is 12.0. The Hall–Kier alpha value is -0.680. The molecule has 0 fully saturated rings. The number of phosphoric acid groups is 1. The van der Waals surface area contributed by atoms with Crippen LogP contribution >= 0.6 is 7.82 Å². The second-order valence-electron chi connectivity index (χ2n) is 6.93. The molecule has 0 spiro atoms. The summed E-state index contributed by atoms with van der Waals surface area (Å²) in [6, 6.07) is 0. The zero-order valence-electron chi connectivity index (χ0n) is 17.0. The van der Waals surface area contributed by atoms with Crippen LogP contribution in [0, 0.1) is 0 Å². The number of rotatable bonds is 20. The quantitative estimate of drug-likeness (QED) is 0.0803. The molecular formula is C20H39O6P. The summed E-state index contributed by atoms with van der Waals surface area (Å²) in [7, 11) is -4.34. The minimum atomic E-state index is -4.34. The van der Waals surface area contributed by atoms with Gasteiger partial charge < -0.3 is 4.89 Å². The van der Waals surface area contributed by atoms with Crippen molar-refractivity contribution < 1.29 is 28.3 Å². The van der Waals surface area contributed by atoms with Crippen molar-refractivity contribution >= 4 is 13.8 Å². The molecule has 0 saturated heterocycles. The number of hydrogen-bond donors (Lipinski definition) is 1. The lowest BCUT2D eigenvalue weighted by Gasteiger charge is -2.09. The summed E-state index contributed by atoms with van der Waals surface area (Å²) in [6.07, 6.45) is 19.6. The summed E-state index contributed by atoms with van der Waals surface area (Å²) in [6.45, 7) is 5.49. The third-order valence-corrected chi connectivity index (χ3v) is 5.15. The monoisotopic (exact) mass is 406 g/mol. The van der Waals surface area contributed by atoms with Gasteiger partial charge in [0.1, 0.15) is 0 Å². The standard InChI is InChI=1S/C20H39O6P/c1-3-5-6-7-8-9-10-11-12-13-14-15-16-17-18-19-24-27(22,23)26-25-20(21)4-2/h4H,2-3,5-19H2,1H3,(H,22,23). The lowest BCUT2D eigenvalue weighted by Crippen LogP contribution is -2.03. The van der Waals surface area contributed by atoms with Crippen LogP contribution < -0.4 is 0 Å². The van der Waals surface area contributed by atoms with E-state index in [1.807, 2.05) is 0 Å². The van der Waals surface area contributed by atoms with Crippen molar-refractivity contribution in [2.24, 2.45) is 0 Å². The third-order valence-electron chi connectivity index (χ3n) is 4.38. The molecule has 0 aliphatic carbocycles. The predicted molar refractivity (Wildman–Crippen MR) is 108 cm³/mol. The van der Waals surface area contributed by atoms with Crippen LogP contribution in [0.15, 0.2) is 12.7 Å². The number of carbonyl (C=O) groups excluding carboxylic acids is 1. The molecule has 0 aromatic rings. The molecule has 0 bridgehead atoms. The van der Waals surface area contributed by atoms with Gasteiger partial charge in [-0.1, -0.05) is 108 Å². The molecule has 7 heteroatoms. The molecule has 0 rings (SSSR count). The summed E-state index contributed by atoms with van der Waals surface area (Å²) in [5.74, 6) is -0.945. The lowest BCUT2D eigenvalue weighted by molar-refractivity contribution is -0.217. The van der Waals surface area contributed by atoms with Gasteiger partial charge in [-0.15, -0.1) is 0 Å².